The lowest BCUT2D eigenvalue weighted by atomic mass is 10.0. The van der Waals surface area contributed by atoms with Gasteiger partial charge in [0.15, 0.2) is 0 Å². The second-order valence-corrected chi connectivity index (χ2v) is 14.2. The van der Waals surface area contributed by atoms with Crippen LogP contribution in [0.15, 0.2) is 21.1 Å². The minimum atomic E-state index is -3.10. The van der Waals surface area contributed by atoms with Gasteiger partial charge in [-0.3, -0.25) is 0 Å². The predicted molar refractivity (Wildman–Crippen MR) is 118 cm³/mol. The molecule has 0 bridgehead atoms. The lowest BCUT2D eigenvalue weighted by molar-refractivity contribution is 0.422. The van der Waals surface area contributed by atoms with Crippen molar-refractivity contribution >= 4 is 37.0 Å². The number of nitrogens with one attached hydrogen (secondary N) is 1. The van der Waals surface area contributed by atoms with E-state index < -0.39 is 41.9 Å². The van der Waals surface area contributed by atoms with E-state index in [2.05, 4.69) is 36.1 Å². The van der Waals surface area contributed by atoms with Gasteiger partial charge in [0.1, 0.15) is 31.1 Å². The van der Waals surface area contributed by atoms with Gasteiger partial charge in [-0.15, -0.1) is 4.72 Å². The normalized spacial score (nSPS) is 28.5. The Bertz CT molecular complexity index is 924. The quantitative estimate of drug-likeness (QED) is 0.476. The lowest BCUT2D eigenvalue weighted by Crippen LogP contribution is -2.55. The van der Waals surface area contributed by atoms with Crippen molar-refractivity contribution in [1.82, 2.24) is 9.71 Å². The van der Waals surface area contributed by atoms with Crippen LogP contribution >= 0.6 is 15.9 Å². The molecular formula is C19H28BrFN4O2S2. The highest BCUT2D eigenvalue weighted by Gasteiger charge is 2.48. The molecule has 1 aromatic heterocycles. The van der Waals surface area contributed by atoms with Crippen LogP contribution in [0.1, 0.15) is 59.6 Å². The molecule has 10 heteroatoms. The van der Waals surface area contributed by atoms with E-state index in [1.807, 2.05) is 0 Å². The molecule has 2 heterocycles. The van der Waals surface area contributed by atoms with Crippen LogP contribution < -0.4 is 4.72 Å². The fourth-order valence-corrected chi connectivity index (χ4v) is 7.12. The van der Waals surface area contributed by atoms with Crippen molar-refractivity contribution in [3.05, 3.63) is 28.2 Å². The molecule has 0 aliphatic carbocycles. The Kier molecular flexibility index (Phi) is 7.44. The van der Waals surface area contributed by atoms with E-state index in [9.17, 15) is 18.4 Å². The molecule has 1 aliphatic heterocycles. The van der Waals surface area contributed by atoms with Crippen molar-refractivity contribution in [2.45, 2.75) is 68.9 Å². The molecule has 0 aromatic carbocycles. The van der Waals surface area contributed by atoms with Crippen molar-refractivity contribution in [1.29, 1.82) is 5.26 Å². The van der Waals surface area contributed by atoms with Crippen LogP contribution in [0, 0.1) is 17.1 Å². The molecule has 1 N–H and O–H groups in total. The van der Waals surface area contributed by atoms with Crippen molar-refractivity contribution < 1.29 is 13.2 Å². The maximum absolute atomic E-state index is 14.8. The first kappa shape index (κ1) is 24.5. The maximum Gasteiger partial charge on any atom is 0.146 e. The molecule has 1 aromatic rings. The zero-order chi connectivity index (χ0) is 22.1. The smallest absolute Gasteiger partial charge is 0.146 e. The summed E-state index contributed by atoms with van der Waals surface area (Å²) in [4.78, 5) is 4.27. The summed E-state index contributed by atoms with van der Waals surface area (Å²) in [6.07, 6.45) is 1.93. The van der Waals surface area contributed by atoms with Gasteiger partial charge in [0.25, 0.3) is 0 Å². The highest BCUT2D eigenvalue weighted by molar-refractivity contribution is 9.10. The van der Waals surface area contributed by atoms with E-state index in [-0.39, 0.29) is 11.4 Å². The Balaban J connectivity index is 2.65. The highest BCUT2D eigenvalue weighted by Crippen LogP contribution is 2.36. The second kappa shape index (κ2) is 8.79. The molecule has 0 radical (unpaired) electrons. The van der Waals surface area contributed by atoms with Gasteiger partial charge in [0, 0.05) is 17.9 Å². The molecule has 4 unspecified atom stereocenters. The molecule has 6 nitrogen and oxygen atoms in total. The van der Waals surface area contributed by atoms with Gasteiger partial charge in [-0.25, -0.2) is 17.9 Å². The third-order valence-electron chi connectivity index (χ3n) is 5.00. The van der Waals surface area contributed by atoms with Gasteiger partial charge in [-0.1, -0.05) is 0 Å². The van der Waals surface area contributed by atoms with Crippen molar-refractivity contribution in [3.8, 4) is 6.07 Å². The number of nitrogens with zero attached hydrogens (tertiary/aromatic N) is 3. The van der Waals surface area contributed by atoms with E-state index >= 15 is 0 Å². The Hall–Kier alpha value is -0.730. The summed E-state index contributed by atoms with van der Waals surface area (Å²) in [5, 5.41) is 9.82. The number of hydrogen-bond donors (Lipinski definition) is 1. The number of nitriles is 1. The molecule has 29 heavy (non-hydrogen) atoms. The Morgan fingerprint density at radius 1 is 1.41 bits per heavy atom. The largest absolute Gasteiger partial charge is 0.598 e. The molecule has 162 valence electrons. The van der Waals surface area contributed by atoms with Gasteiger partial charge >= 0.3 is 0 Å². The zero-order valence-electron chi connectivity index (χ0n) is 17.4. The van der Waals surface area contributed by atoms with E-state index in [0.717, 1.165) is 12.8 Å². The van der Waals surface area contributed by atoms with Crippen LogP contribution in [0.2, 0.25) is 0 Å². The molecule has 1 aliphatic rings. The standard InChI is InChI=1S/C19H28BrFN4O2S2/c1-17(2,3)28(26)25-19(5,16-14(21)8-9-15(20)24-16)13-29(27)18(4,12-22)10-6-7-11-23-29/h8-9,25H,6-7,10-11,13H2,1-5H3. The molecule has 0 saturated heterocycles. The molecule has 2 rings (SSSR count). The van der Waals surface area contributed by atoms with Gasteiger partial charge < -0.3 is 4.55 Å². The predicted octanol–water partition coefficient (Wildman–Crippen LogP) is 4.18. The molecule has 4 atom stereocenters. The van der Waals surface area contributed by atoms with Gasteiger partial charge in [0.05, 0.1) is 21.6 Å². The average molecular weight is 507 g/mol. The van der Waals surface area contributed by atoms with Crippen LogP contribution in [0.3, 0.4) is 0 Å². The summed E-state index contributed by atoms with van der Waals surface area (Å²) in [5.74, 6) is -0.781. The summed E-state index contributed by atoms with van der Waals surface area (Å²) in [5.41, 5.74) is -1.37. The van der Waals surface area contributed by atoms with E-state index in [4.69, 9.17) is 0 Å². The molecule has 0 amide bonds. The Morgan fingerprint density at radius 3 is 2.66 bits per heavy atom. The van der Waals surface area contributed by atoms with Crippen LogP contribution in [0.4, 0.5) is 4.39 Å². The molecule has 0 spiro atoms. The van der Waals surface area contributed by atoms with Crippen LogP contribution in [-0.2, 0) is 26.6 Å². The summed E-state index contributed by atoms with van der Waals surface area (Å²) in [6, 6.07) is 4.92. The molecule has 0 fully saturated rings. The van der Waals surface area contributed by atoms with Gasteiger partial charge in [-0.2, -0.15) is 5.26 Å². The summed E-state index contributed by atoms with van der Waals surface area (Å²) in [6.45, 7) is 9.02. The third kappa shape index (κ3) is 5.31. The zero-order valence-corrected chi connectivity index (χ0v) is 20.6. The van der Waals surface area contributed by atoms with Crippen LogP contribution in [0.5, 0.6) is 0 Å². The van der Waals surface area contributed by atoms with Gasteiger partial charge in [-0.05, 0) is 81.9 Å². The van der Waals surface area contributed by atoms with Gasteiger partial charge in [0.2, 0.25) is 0 Å². The van der Waals surface area contributed by atoms with Crippen LogP contribution in [0.25, 0.3) is 0 Å². The maximum atomic E-state index is 14.8. The van der Waals surface area contributed by atoms with E-state index in [1.54, 1.807) is 34.6 Å². The average Bonchev–Trinajstić information content (AvgIpc) is 2.75. The summed E-state index contributed by atoms with van der Waals surface area (Å²) >= 11 is 1.66. The van der Waals surface area contributed by atoms with Crippen molar-refractivity contribution in [2.24, 2.45) is 4.36 Å². The van der Waals surface area contributed by atoms with E-state index in [0.29, 0.717) is 17.6 Å². The Morgan fingerprint density at radius 2 is 2.07 bits per heavy atom. The number of aromatic nitrogens is 1. The SMILES string of the molecule is CC(CS1(=O)=NCCCCC1(C)C#N)(N[S+]([O-])C(C)(C)C)c1nc(Br)ccc1F. The Labute approximate surface area is 184 Å². The monoisotopic (exact) mass is 506 g/mol. The third-order valence-corrected chi connectivity index (χ3v) is 10.5. The fraction of sp³-hybridized carbons (Fsp3) is 0.684. The lowest BCUT2D eigenvalue weighted by Gasteiger charge is -2.37. The topological polar surface area (TPSA) is 101 Å². The number of rotatable bonds is 5. The minimum absolute atomic E-state index is 0.00747. The minimum Gasteiger partial charge on any atom is -0.598 e. The number of pyridine rings is 1. The fourth-order valence-electron chi connectivity index (χ4n) is 3.12. The molecule has 0 saturated carbocycles. The first-order valence-electron chi connectivity index (χ1n) is 9.40. The first-order valence-corrected chi connectivity index (χ1v) is 13.0. The van der Waals surface area contributed by atoms with E-state index in [1.165, 1.54) is 12.1 Å². The van der Waals surface area contributed by atoms with Crippen molar-refractivity contribution in [3.63, 3.8) is 0 Å². The first-order chi connectivity index (χ1) is 13.3. The van der Waals surface area contributed by atoms with Crippen LogP contribution in [-0.4, -0.2) is 35.5 Å². The number of halogens is 2. The molecular weight excluding hydrogens is 479 g/mol. The second-order valence-electron chi connectivity index (χ2n) is 8.72. The highest BCUT2D eigenvalue weighted by atomic mass is 79.9. The van der Waals surface area contributed by atoms with Crippen molar-refractivity contribution in [2.75, 3.05) is 12.3 Å². The summed E-state index contributed by atoms with van der Waals surface area (Å²) in [7, 11) is -3.10. The summed E-state index contributed by atoms with van der Waals surface area (Å²) < 4.78 is 47.8. The number of hydrogen-bond acceptors (Lipinski definition) is 6.